The summed E-state index contributed by atoms with van der Waals surface area (Å²) in [6.45, 7) is 6.86. The van der Waals surface area contributed by atoms with Gasteiger partial charge < -0.3 is 20.3 Å². The highest BCUT2D eigenvalue weighted by atomic mass is 16.5. The maximum Gasteiger partial charge on any atom is 0.223 e. The van der Waals surface area contributed by atoms with Gasteiger partial charge in [-0.25, -0.2) is 0 Å². The summed E-state index contributed by atoms with van der Waals surface area (Å²) in [7, 11) is 0. The zero-order valence-electron chi connectivity index (χ0n) is 19.2. The summed E-state index contributed by atoms with van der Waals surface area (Å²) in [5.74, 6) is 1.40. The maximum atomic E-state index is 12.4. The van der Waals surface area contributed by atoms with Crippen LogP contribution >= 0.6 is 0 Å². The molecule has 1 aliphatic carbocycles. The van der Waals surface area contributed by atoms with Crippen LogP contribution in [-0.4, -0.2) is 62.2 Å². The number of nitrogens with zero attached hydrogens (tertiary/aromatic N) is 2. The Bertz CT molecular complexity index is 673. The monoisotopic (exact) mass is 428 g/mol. The van der Waals surface area contributed by atoms with Gasteiger partial charge in [0.1, 0.15) is 0 Å². The van der Waals surface area contributed by atoms with Crippen molar-refractivity contribution in [3.63, 3.8) is 0 Å². The molecule has 1 unspecified atom stereocenters. The molecule has 1 amide bonds. The molecule has 2 fully saturated rings. The van der Waals surface area contributed by atoms with E-state index in [2.05, 4.69) is 41.8 Å². The second-order valence-electron chi connectivity index (χ2n) is 8.78. The van der Waals surface area contributed by atoms with Crippen LogP contribution in [0, 0.1) is 5.92 Å². The Labute approximate surface area is 187 Å². The average Bonchev–Trinajstić information content (AvgIpc) is 3.16. The van der Waals surface area contributed by atoms with Gasteiger partial charge >= 0.3 is 0 Å². The number of carbonyl (C=O) groups excluding carboxylic acids is 1. The quantitative estimate of drug-likeness (QED) is 0.322. The van der Waals surface area contributed by atoms with Gasteiger partial charge in [-0.3, -0.25) is 9.79 Å². The second-order valence-corrected chi connectivity index (χ2v) is 8.78. The number of ether oxygens (including phenoxy) is 1. The van der Waals surface area contributed by atoms with Crippen molar-refractivity contribution in [1.29, 1.82) is 0 Å². The predicted molar refractivity (Wildman–Crippen MR) is 126 cm³/mol. The highest BCUT2D eigenvalue weighted by Gasteiger charge is 2.29. The van der Waals surface area contributed by atoms with E-state index < -0.39 is 0 Å². The Morgan fingerprint density at radius 2 is 1.97 bits per heavy atom. The molecule has 0 bridgehead atoms. The Balaban J connectivity index is 1.34. The lowest BCUT2D eigenvalue weighted by atomic mass is 9.98. The van der Waals surface area contributed by atoms with Crippen LogP contribution in [0.5, 0.6) is 0 Å². The van der Waals surface area contributed by atoms with Crippen molar-refractivity contribution in [1.82, 2.24) is 15.5 Å². The van der Waals surface area contributed by atoms with Crippen LogP contribution in [0.1, 0.15) is 57.4 Å². The van der Waals surface area contributed by atoms with Crippen LogP contribution < -0.4 is 10.6 Å². The van der Waals surface area contributed by atoms with Gasteiger partial charge in [-0.05, 0) is 38.2 Å². The Kier molecular flexibility index (Phi) is 10.2. The zero-order valence-corrected chi connectivity index (χ0v) is 19.2. The minimum atomic E-state index is 0.258. The van der Waals surface area contributed by atoms with E-state index in [0.29, 0.717) is 25.0 Å². The van der Waals surface area contributed by atoms with Gasteiger partial charge in [0.05, 0.1) is 6.10 Å². The van der Waals surface area contributed by atoms with E-state index in [1.165, 1.54) is 37.7 Å². The lowest BCUT2D eigenvalue weighted by molar-refractivity contribution is -0.127. The first-order valence-electron chi connectivity index (χ1n) is 12.2. The first kappa shape index (κ1) is 23.6. The number of rotatable bonds is 11. The van der Waals surface area contributed by atoms with E-state index in [1.54, 1.807) is 0 Å². The third kappa shape index (κ3) is 8.52. The number of benzene rings is 1. The summed E-state index contributed by atoms with van der Waals surface area (Å²) in [5.41, 5.74) is 1.28. The van der Waals surface area contributed by atoms with Crippen LogP contribution in [0.3, 0.4) is 0 Å². The van der Waals surface area contributed by atoms with Crippen LogP contribution in [0.2, 0.25) is 0 Å². The first-order valence-corrected chi connectivity index (χ1v) is 12.2. The highest BCUT2D eigenvalue weighted by Crippen LogP contribution is 2.20. The van der Waals surface area contributed by atoms with Crippen molar-refractivity contribution in [2.24, 2.45) is 10.9 Å². The normalized spacial score (nSPS) is 20.3. The molecule has 3 rings (SSSR count). The molecule has 1 atom stereocenters. The number of carbonyl (C=O) groups is 1. The topological polar surface area (TPSA) is 66.0 Å². The molecule has 2 aliphatic rings. The van der Waals surface area contributed by atoms with Crippen LogP contribution in [0.15, 0.2) is 35.3 Å². The molecule has 0 spiro atoms. The van der Waals surface area contributed by atoms with E-state index in [-0.39, 0.29) is 5.91 Å². The van der Waals surface area contributed by atoms with Crippen molar-refractivity contribution in [3.8, 4) is 0 Å². The molecule has 1 saturated carbocycles. The van der Waals surface area contributed by atoms with Crippen molar-refractivity contribution in [2.45, 2.75) is 64.4 Å². The van der Waals surface area contributed by atoms with E-state index in [1.807, 2.05) is 11.0 Å². The molecule has 1 heterocycles. The minimum Gasteiger partial charge on any atom is -0.378 e. The number of nitrogens with one attached hydrogen (secondary N) is 2. The van der Waals surface area contributed by atoms with Crippen molar-refractivity contribution < 1.29 is 9.53 Å². The van der Waals surface area contributed by atoms with Crippen LogP contribution in [-0.2, 0) is 16.0 Å². The van der Waals surface area contributed by atoms with Gasteiger partial charge in [-0.1, -0.05) is 49.6 Å². The van der Waals surface area contributed by atoms with Gasteiger partial charge in [0.2, 0.25) is 5.91 Å². The fraction of sp³-hybridized carbons (Fsp3) is 0.680. The number of aliphatic imine (C=N–C) groups is 1. The smallest absolute Gasteiger partial charge is 0.223 e. The third-order valence-corrected chi connectivity index (χ3v) is 6.18. The van der Waals surface area contributed by atoms with Crippen molar-refractivity contribution >= 4 is 11.9 Å². The third-order valence-electron chi connectivity index (χ3n) is 6.18. The fourth-order valence-electron chi connectivity index (χ4n) is 4.42. The maximum absolute atomic E-state index is 12.4. The molecule has 6 nitrogen and oxygen atoms in total. The summed E-state index contributed by atoms with van der Waals surface area (Å²) in [4.78, 5) is 19.1. The number of amides is 1. The standard InChI is InChI=1S/C25H40N4O2/c1-2-26-25(27-15-9-17-31-23-12-7-4-8-13-23)28-19-22-18-24(30)29(20-22)16-14-21-10-5-3-6-11-21/h3,5-6,10-11,22-23H,2,4,7-9,12-20H2,1H3,(H2,26,27,28). The summed E-state index contributed by atoms with van der Waals surface area (Å²) in [6, 6.07) is 10.4. The SMILES string of the molecule is CCNC(=NCC1CC(=O)N(CCc2ccccc2)C1)NCCCOC1CCCCC1. The second kappa shape index (κ2) is 13.4. The molecule has 31 heavy (non-hydrogen) atoms. The van der Waals surface area contributed by atoms with Gasteiger partial charge in [0, 0.05) is 51.7 Å². The molecule has 2 N–H and O–H groups in total. The van der Waals surface area contributed by atoms with Crippen molar-refractivity contribution in [3.05, 3.63) is 35.9 Å². The van der Waals surface area contributed by atoms with E-state index >= 15 is 0 Å². The van der Waals surface area contributed by atoms with E-state index in [4.69, 9.17) is 9.73 Å². The summed E-state index contributed by atoms with van der Waals surface area (Å²) in [6.07, 6.45) is 9.40. The van der Waals surface area contributed by atoms with Crippen molar-refractivity contribution in [2.75, 3.05) is 39.3 Å². The van der Waals surface area contributed by atoms with Gasteiger partial charge in [-0.15, -0.1) is 0 Å². The molecular weight excluding hydrogens is 388 g/mol. The lowest BCUT2D eigenvalue weighted by Crippen LogP contribution is -2.38. The minimum absolute atomic E-state index is 0.258. The molecular formula is C25H40N4O2. The molecule has 6 heteroatoms. The Hall–Kier alpha value is -2.08. The van der Waals surface area contributed by atoms with Crippen LogP contribution in [0.25, 0.3) is 0 Å². The number of hydrogen-bond donors (Lipinski definition) is 2. The summed E-state index contributed by atoms with van der Waals surface area (Å²) < 4.78 is 6.00. The summed E-state index contributed by atoms with van der Waals surface area (Å²) >= 11 is 0. The number of likely N-dealkylation sites (tertiary alicyclic amines) is 1. The largest absolute Gasteiger partial charge is 0.378 e. The van der Waals surface area contributed by atoms with Gasteiger partial charge in [-0.2, -0.15) is 0 Å². The molecule has 0 aromatic heterocycles. The van der Waals surface area contributed by atoms with Crippen LogP contribution in [0.4, 0.5) is 0 Å². The number of hydrogen-bond acceptors (Lipinski definition) is 3. The molecule has 1 aliphatic heterocycles. The highest BCUT2D eigenvalue weighted by molar-refractivity contribution is 5.80. The molecule has 172 valence electrons. The Morgan fingerprint density at radius 1 is 1.16 bits per heavy atom. The molecule has 1 aromatic carbocycles. The first-order chi connectivity index (χ1) is 15.2. The predicted octanol–water partition coefficient (Wildman–Crippen LogP) is 3.37. The zero-order chi connectivity index (χ0) is 21.7. The fourth-order valence-corrected chi connectivity index (χ4v) is 4.42. The lowest BCUT2D eigenvalue weighted by Gasteiger charge is -2.22. The average molecular weight is 429 g/mol. The Morgan fingerprint density at radius 3 is 2.74 bits per heavy atom. The van der Waals surface area contributed by atoms with E-state index in [0.717, 1.165) is 51.6 Å². The summed E-state index contributed by atoms with van der Waals surface area (Å²) in [5, 5.41) is 6.73. The number of guanidine groups is 1. The van der Waals surface area contributed by atoms with Gasteiger partial charge in [0.25, 0.3) is 0 Å². The van der Waals surface area contributed by atoms with Gasteiger partial charge in [0.15, 0.2) is 5.96 Å². The molecule has 1 saturated heterocycles. The van der Waals surface area contributed by atoms with E-state index in [9.17, 15) is 4.79 Å². The molecule has 0 radical (unpaired) electrons. The molecule has 1 aromatic rings.